The van der Waals surface area contributed by atoms with Gasteiger partial charge < -0.3 is 15.5 Å². The zero-order valence-corrected chi connectivity index (χ0v) is 13.0. The molecule has 0 atom stereocenters. The number of anilines is 1. The van der Waals surface area contributed by atoms with Gasteiger partial charge in [-0.3, -0.25) is 4.79 Å². The minimum atomic E-state index is 0.0237. The highest BCUT2D eigenvalue weighted by Gasteiger charge is 2.12. The molecule has 0 radical (unpaired) electrons. The summed E-state index contributed by atoms with van der Waals surface area (Å²) in [7, 11) is 0. The molecule has 4 nitrogen and oxygen atoms in total. The third-order valence-electron chi connectivity index (χ3n) is 3.87. The molecule has 21 heavy (non-hydrogen) atoms. The Hall–Kier alpha value is -1.55. The van der Waals surface area contributed by atoms with Crippen LogP contribution in [0.3, 0.4) is 0 Å². The lowest BCUT2D eigenvalue weighted by Crippen LogP contribution is -2.29. The Bertz CT molecular complexity index is 441. The number of carbonyl (C=O) groups excluding carboxylic acids is 1. The zero-order valence-electron chi connectivity index (χ0n) is 13.0. The molecular weight excluding hydrogens is 262 g/mol. The maximum Gasteiger partial charge on any atom is 0.253 e. The number of nitrogens with one attached hydrogen (secondary N) is 2. The van der Waals surface area contributed by atoms with Crippen LogP contribution in [0.5, 0.6) is 0 Å². The predicted molar refractivity (Wildman–Crippen MR) is 87.8 cm³/mol. The number of rotatable bonds is 8. The number of nitrogens with zero attached hydrogens (tertiary/aromatic N) is 1. The fraction of sp³-hybridized carbons (Fsp3) is 0.588. The van der Waals surface area contributed by atoms with Crippen molar-refractivity contribution in [3.8, 4) is 0 Å². The van der Waals surface area contributed by atoms with Crippen molar-refractivity contribution in [2.24, 2.45) is 0 Å². The molecule has 116 valence electrons. The molecule has 1 saturated heterocycles. The summed E-state index contributed by atoms with van der Waals surface area (Å²) in [6.45, 7) is 7.29. The Labute approximate surface area is 127 Å². The third kappa shape index (κ3) is 5.05. The first-order valence-corrected chi connectivity index (χ1v) is 8.14. The van der Waals surface area contributed by atoms with Crippen molar-refractivity contribution >= 4 is 11.6 Å². The van der Waals surface area contributed by atoms with Crippen LogP contribution in [0.2, 0.25) is 0 Å². The molecule has 4 heteroatoms. The summed E-state index contributed by atoms with van der Waals surface area (Å²) in [4.78, 5) is 14.7. The highest BCUT2D eigenvalue weighted by atomic mass is 16.1. The highest BCUT2D eigenvalue weighted by molar-refractivity contribution is 5.99. The van der Waals surface area contributed by atoms with Crippen molar-refractivity contribution in [1.82, 2.24) is 10.2 Å². The maximum atomic E-state index is 12.3. The maximum absolute atomic E-state index is 12.3. The topological polar surface area (TPSA) is 44.4 Å². The van der Waals surface area contributed by atoms with Crippen LogP contribution in [0.4, 0.5) is 5.69 Å². The van der Waals surface area contributed by atoms with E-state index in [9.17, 15) is 4.79 Å². The first-order chi connectivity index (χ1) is 10.3. The van der Waals surface area contributed by atoms with Gasteiger partial charge in [0.1, 0.15) is 0 Å². The summed E-state index contributed by atoms with van der Waals surface area (Å²) in [5, 5.41) is 6.34. The van der Waals surface area contributed by atoms with Gasteiger partial charge in [-0.05, 0) is 57.5 Å². The number of hydrogen-bond acceptors (Lipinski definition) is 3. The summed E-state index contributed by atoms with van der Waals surface area (Å²) in [5.41, 5.74) is 1.67. The predicted octanol–water partition coefficient (Wildman–Crippen LogP) is 2.72. The molecule has 1 amide bonds. The number of hydrogen-bond donors (Lipinski definition) is 2. The van der Waals surface area contributed by atoms with Crippen LogP contribution >= 0.6 is 0 Å². The second-order valence-electron chi connectivity index (χ2n) is 5.63. The van der Waals surface area contributed by atoms with Crippen LogP contribution in [0.1, 0.15) is 43.0 Å². The first kappa shape index (κ1) is 15.8. The highest BCUT2D eigenvalue weighted by Crippen LogP contribution is 2.14. The van der Waals surface area contributed by atoms with E-state index < -0.39 is 0 Å². The lowest BCUT2D eigenvalue weighted by atomic mass is 10.1. The normalized spacial score (nSPS) is 15.1. The fourth-order valence-electron chi connectivity index (χ4n) is 2.70. The summed E-state index contributed by atoms with van der Waals surface area (Å²) >= 11 is 0. The molecule has 0 aromatic heterocycles. The molecule has 2 N–H and O–H groups in total. The molecule has 1 heterocycles. The van der Waals surface area contributed by atoms with Gasteiger partial charge in [0.15, 0.2) is 0 Å². The van der Waals surface area contributed by atoms with E-state index >= 15 is 0 Å². The Kier molecular flexibility index (Phi) is 6.54. The average molecular weight is 289 g/mol. The van der Waals surface area contributed by atoms with Crippen LogP contribution in [-0.2, 0) is 0 Å². The molecule has 1 aromatic rings. The third-order valence-corrected chi connectivity index (χ3v) is 3.87. The van der Waals surface area contributed by atoms with E-state index in [0.29, 0.717) is 0 Å². The molecule has 0 spiro atoms. The van der Waals surface area contributed by atoms with E-state index in [-0.39, 0.29) is 5.91 Å². The molecule has 1 aliphatic heterocycles. The summed E-state index contributed by atoms with van der Waals surface area (Å²) in [6, 6.07) is 7.72. The molecule has 0 aliphatic carbocycles. The number of amides is 1. The van der Waals surface area contributed by atoms with Gasteiger partial charge in [0.2, 0.25) is 0 Å². The van der Waals surface area contributed by atoms with E-state index in [2.05, 4.69) is 22.5 Å². The Balaban J connectivity index is 1.76. The summed E-state index contributed by atoms with van der Waals surface area (Å²) < 4.78 is 0. The van der Waals surface area contributed by atoms with Gasteiger partial charge in [-0.1, -0.05) is 19.1 Å². The van der Waals surface area contributed by atoms with Crippen molar-refractivity contribution in [2.45, 2.75) is 32.6 Å². The van der Waals surface area contributed by atoms with Crippen molar-refractivity contribution in [3.63, 3.8) is 0 Å². The number of carbonyl (C=O) groups is 1. The minimum absolute atomic E-state index is 0.0237. The minimum Gasteiger partial charge on any atom is -0.384 e. The van der Waals surface area contributed by atoms with E-state index in [0.717, 1.165) is 43.7 Å². The van der Waals surface area contributed by atoms with E-state index in [1.54, 1.807) is 0 Å². The van der Waals surface area contributed by atoms with Crippen molar-refractivity contribution < 1.29 is 4.79 Å². The lowest BCUT2D eigenvalue weighted by molar-refractivity contribution is 0.0953. The van der Waals surface area contributed by atoms with Crippen LogP contribution < -0.4 is 10.6 Å². The molecule has 1 aliphatic rings. The Morgan fingerprint density at radius 1 is 1.19 bits per heavy atom. The monoisotopic (exact) mass is 289 g/mol. The summed E-state index contributed by atoms with van der Waals surface area (Å²) in [6.07, 6.45) is 4.72. The molecule has 1 fully saturated rings. The average Bonchev–Trinajstić information content (AvgIpc) is 3.03. The smallest absolute Gasteiger partial charge is 0.253 e. The van der Waals surface area contributed by atoms with Crippen LogP contribution in [0.15, 0.2) is 24.3 Å². The van der Waals surface area contributed by atoms with Crippen molar-refractivity contribution in [1.29, 1.82) is 0 Å². The molecule has 0 unspecified atom stereocenters. The van der Waals surface area contributed by atoms with Gasteiger partial charge in [-0.15, -0.1) is 0 Å². The standard InChI is InChI=1S/C17H27N3O/c1-2-10-18-16-9-4-3-8-15(16)17(21)19-11-7-14-20-12-5-6-13-20/h3-4,8-9,18H,2,5-7,10-14H2,1H3,(H,19,21). The van der Waals surface area contributed by atoms with E-state index in [1.807, 2.05) is 24.3 Å². The first-order valence-electron chi connectivity index (χ1n) is 8.14. The quantitative estimate of drug-likeness (QED) is 0.723. The van der Waals surface area contributed by atoms with Gasteiger partial charge in [-0.25, -0.2) is 0 Å². The van der Waals surface area contributed by atoms with Gasteiger partial charge in [0, 0.05) is 18.8 Å². The number of para-hydroxylation sites is 1. The molecule has 0 bridgehead atoms. The molecular formula is C17H27N3O. The Morgan fingerprint density at radius 2 is 1.95 bits per heavy atom. The largest absolute Gasteiger partial charge is 0.384 e. The van der Waals surface area contributed by atoms with Gasteiger partial charge in [-0.2, -0.15) is 0 Å². The molecule has 0 saturated carbocycles. The fourth-order valence-corrected chi connectivity index (χ4v) is 2.70. The van der Waals surface area contributed by atoms with Crippen molar-refractivity contribution in [3.05, 3.63) is 29.8 Å². The van der Waals surface area contributed by atoms with Gasteiger partial charge >= 0.3 is 0 Å². The Morgan fingerprint density at radius 3 is 2.71 bits per heavy atom. The zero-order chi connectivity index (χ0) is 14.9. The van der Waals surface area contributed by atoms with Crippen LogP contribution in [0.25, 0.3) is 0 Å². The van der Waals surface area contributed by atoms with Gasteiger partial charge in [0.05, 0.1) is 5.56 Å². The molecule has 1 aromatic carbocycles. The van der Waals surface area contributed by atoms with Crippen LogP contribution in [0, 0.1) is 0 Å². The van der Waals surface area contributed by atoms with Crippen molar-refractivity contribution in [2.75, 3.05) is 38.0 Å². The second-order valence-corrected chi connectivity index (χ2v) is 5.63. The number of benzene rings is 1. The lowest BCUT2D eigenvalue weighted by Gasteiger charge is -2.15. The summed E-state index contributed by atoms with van der Waals surface area (Å²) in [5.74, 6) is 0.0237. The SMILES string of the molecule is CCCNc1ccccc1C(=O)NCCCN1CCCC1. The van der Waals surface area contributed by atoms with Crippen LogP contribution in [-0.4, -0.2) is 43.5 Å². The number of likely N-dealkylation sites (tertiary alicyclic amines) is 1. The molecule has 2 rings (SSSR count). The van der Waals surface area contributed by atoms with E-state index in [1.165, 1.54) is 25.9 Å². The van der Waals surface area contributed by atoms with Gasteiger partial charge in [0.25, 0.3) is 5.91 Å². The van der Waals surface area contributed by atoms with E-state index in [4.69, 9.17) is 0 Å². The second kappa shape index (κ2) is 8.67.